The molecule has 8 nitrogen and oxygen atoms in total. The first kappa shape index (κ1) is 19.3. The quantitative estimate of drug-likeness (QED) is 0.582. The minimum absolute atomic E-state index is 0.0260. The highest BCUT2D eigenvalue weighted by molar-refractivity contribution is 5.97. The number of benzene rings is 2. The first-order chi connectivity index (χ1) is 13.2. The maximum Gasteiger partial charge on any atom is 0.273 e. The van der Waals surface area contributed by atoms with Crippen LogP contribution in [0.5, 0.6) is 5.75 Å². The first-order valence-corrected chi connectivity index (χ1v) is 8.70. The number of nitrogens with zero attached hydrogens (tertiary/aromatic N) is 3. The molecule has 1 heterocycles. The van der Waals surface area contributed by atoms with Crippen LogP contribution in [0.25, 0.3) is 0 Å². The van der Waals surface area contributed by atoms with Crippen LogP contribution < -0.4 is 4.74 Å². The summed E-state index contributed by atoms with van der Waals surface area (Å²) in [5.74, 6) is 0.621. The lowest BCUT2D eigenvalue weighted by Crippen LogP contribution is -2.45. The van der Waals surface area contributed by atoms with Gasteiger partial charge in [-0.3, -0.25) is 14.9 Å². The molecule has 8 heteroatoms. The number of carbonyl (C=O) groups excluding carboxylic acids is 1. The van der Waals surface area contributed by atoms with Gasteiger partial charge in [-0.1, -0.05) is 18.2 Å². The van der Waals surface area contributed by atoms with Crippen LogP contribution in [0.1, 0.15) is 30.5 Å². The second kappa shape index (κ2) is 7.30. The Balaban J connectivity index is 1.92. The molecule has 1 atom stereocenters. The van der Waals surface area contributed by atoms with Crippen LogP contribution in [0.3, 0.4) is 0 Å². The van der Waals surface area contributed by atoms with Gasteiger partial charge in [-0.05, 0) is 37.6 Å². The molecule has 0 radical (unpaired) electrons. The zero-order chi connectivity index (χ0) is 20.5. The minimum Gasteiger partial charge on any atom is -0.497 e. The molecule has 1 amide bonds. The fourth-order valence-electron chi connectivity index (χ4n) is 3.16. The van der Waals surface area contributed by atoms with Crippen molar-refractivity contribution in [2.45, 2.75) is 32.9 Å². The number of carbonyl (C=O) groups is 1. The lowest BCUT2D eigenvalue weighted by atomic mass is 10.0. The van der Waals surface area contributed by atoms with E-state index >= 15 is 0 Å². The van der Waals surface area contributed by atoms with Gasteiger partial charge in [-0.2, -0.15) is 5.01 Å². The third kappa shape index (κ3) is 3.66. The Morgan fingerprint density at radius 2 is 1.96 bits per heavy atom. The summed E-state index contributed by atoms with van der Waals surface area (Å²) in [6, 6.07) is 12.2. The second-order valence-electron chi connectivity index (χ2n) is 6.80. The normalized spacial score (nSPS) is 18.4. The van der Waals surface area contributed by atoms with E-state index in [2.05, 4.69) is 5.10 Å². The molecule has 1 aliphatic heterocycles. The van der Waals surface area contributed by atoms with E-state index in [1.165, 1.54) is 18.0 Å². The Hall–Kier alpha value is -3.42. The fourth-order valence-corrected chi connectivity index (χ4v) is 3.16. The van der Waals surface area contributed by atoms with Crippen LogP contribution in [0.15, 0.2) is 47.6 Å². The molecule has 0 fully saturated rings. The number of nitro benzene ring substituents is 1. The number of rotatable bonds is 5. The maximum absolute atomic E-state index is 12.2. The van der Waals surface area contributed by atoms with Gasteiger partial charge in [0.2, 0.25) is 17.5 Å². The summed E-state index contributed by atoms with van der Waals surface area (Å²) in [4.78, 5) is 23.0. The smallest absolute Gasteiger partial charge is 0.273 e. The van der Waals surface area contributed by atoms with Crippen LogP contribution >= 0.6 is 0 Å². The van der Waals surface area contributed by atoms with Crippen molar-refractivity contribution >= 4 is 17.5 Å². The molecule has 0 N–H and O–H groups in total. The van der Waals surface area contributed by atoms with Gasteiger partial charge in [0.05, 0.1) is 12.0 Å². The Labute approximate surface area is 162 Å². The van der Waals surface area contributed by atoms with E-state index in [0.717, 1.165) is 11.3 Å². The molecule has 146 valence electrons. The molecule has 3 rings (SSSR count). The number of hydrogen-bond donors (Lipinski definition) is 0. The second-order valence-corrected chi connectivity index (χ2v) is 6.80. The standard InChI is InChI=1S/C20H21N3O5/c1-13-5-8-16(11-18(13)23(25)26)19-21-22(14(2)24)20(3,28-19)12-15-6-9-17(27-4)10-7-15/h5-11H,12H2,1-4H3/t20-/m1/s1. The summed E-state index contributed by atoms with van der Waals surface area (Å²) in [7, 11) is 1.59. The predicted octanol–water partition coefficient (Wildman–Crippen LogP) is 3.41. The highest BCUT2D eigenvalue weighted by Gasteiger charge is 2.43. The average Bonchev–Trinajstić information content (AvgIpc) is 3.00. The number of methoxy groups -OCH3 is 1. The van der Waals surface area contributed by atoms with E-state index < -0.39 is 10.6 Å². The van der Waals surface area contributed by atoms with Crippen molar-refractivity contribution in [1.29, 1.82) is 0 Å². The highest BCUT2D eigenvalue weighted by Crippen LogP contribution is 2.32. The van der Waals surface area contributed by atoms with Crippen LogP contribution in [0.4, 0.5) is 5.69 Å². The molecule has 0 aliphatic carbocycles. The number of ether oxygens (including phenoxy) is 2. The zero-order valence-electron chi connectivity index (χ0n) is 16.1. The Morgan fingerprint density at radius 1 is 1.29 bits per heavy atom. The van der Waals surface area contributed by atoms with Crippen molar-refractivity contribution in [3.05, 3.63) is 69.3 Å². The third-order valence-corrected chi connectivity index (χ3v) is 4.60. The van der Waals surface area contributed by atoms with Crippen molar-refractivity contribution in [2.24, 2.45) is 5.10 Å². The first-order valence-electron chi connectivity index (χ1n) is 8.70. The molecule has 2 aromatic carbocycles. The van der Waals surface area contributed by atoms with Crippen molar-refractivity contribution < 1.29 is 19.2 Å². The molecule has 28 heavy (non-hydrogen) atoms. The van der Waals surface area contributed by atoms with Gasteiger partial charge in [-0.15, -0.1) is 5.10 Å². The van der Waals surface area contributed by atoms with E-state index in [4.69, 9.17) is 9.47 Å². The van der Waals surface area contributed by atoms with Crippen LogP contribution in [0.2, 0.25) is 0 Å². The summed E-state index contributed by atoms with van der Waals surface area (Å²) in [5, 5.41) is 16.8. The lowest BCUT2D eigenvalue weighted by molar-refractivity contribution is -0.385. The number of amides is 1. The van der Waals surface area contributed by atoms with Gasteiger partial charge < -0.3 is 9.47 Å². The van der Waals surface area contributed by atoms with Crippen molar-refractivity contribution in [3.8, 4) is 5.75 Å². The summed E-state index contributed by atoms with van der Waals surface area (Å²) >= 11 is 0. The van der Waals surface area contributed by atoms with Gasteiger partial charge >= 0.3 is 0 Å². The van der Waals surface area contributed by atoms with Gasteiger partial charge in [0.25, 0.3) is 5.69 Å². The topological polar surface area (TPSA) is 94.3 Å². The van der Waals surface area contributed by atoms with Crippen molar-refractivity contribution in [1.82, 2.24) is 5.01 Å². The zero-order valence-corrected chi connectivity index (χ0v) is 16.1. The average molecular weight is 383 g/mol. The third-order valence-electron chi connectivity index (χ3n) is 4.60. The summed E-state index contributed by atoms with van der Waals surface area (Å²) < 4.78 is 11.2. The number of hydrazone groups is 1. The van der Waals surface area contributed by atoms with E-state index in [1.54, 1.807) is 33.1 Å². The van der Waals surface area contributed by atoms with Gasteiger partial charge in [0.1, 0.15) is 5.75 Å². The molecule has 0 saturated heterocycles. The lowest BCUT2D eigenvalue weighted by Gasteiger charge is -2.30. The summed E-state index contributed by atoms with van der Waals surface area (Å²) in [5.41, 5.74) is 0.844. The van der Waals surface area contributed by atoms with Crippen molar-refractivity contribution in [3.63, 3.8) is 0 Å². The molecule has 0 saturated carbocycles. The van der Waals surface area contributed by atoms with Crippen LogP contribution in [0, 0.1) is 17.0 Å². The number of hydrogen-bond acceptors (Lipinski definition) is 6. The van der Waals surface area contributed by atoms with Gasteiger partial charge in [0.15, 0.2) is 0 Å². The number of nitro groups is 1. The SMILES string of the molecule is COc1ccc(C[C@@]2(C)OC(c3ccc(C)c([N+](=O)[O-])c3)=NN2C(C)=O)cc1. The predicted molar refractivity (Wildman–Crippen MR) is 103 cm³/mol. The van der Waals surface area contributed by atoms with Crippen LogP contribution in [-0.2, 0) is 16.0 Å². The molecular weight excluding hydrogens is 362 g/mol. The van der Waals surface area contributed by atoms with Crippen molar-refractivity contribution in [2.75, 3.05) is 7.11 Å². The Morgan fingerprint density at radius 3 is 2.54 bits per heavy atom. The molecule has 0 aromatic heterocycles. The Bertz CT molecular complexity index is 955. The van der Waals surface area contributed by atoms with E-state index in [-0.39, 0.29) is 17.5 Å². The molecular formula is C20H21N3O5. The minimum atomic E-state index is -1.05. The van der Waals surface area contributed by atoms with Gasteiger partial charge in [0, 0.05) is 30.5 Å². The Kier molecular flexibility index (Phi) is 5.04. The monoisotopic (exact) mass is 383 g/mol. The van der Waals surface area contributed by atoms with E-state index in [0.29, 0.717) is 17.5 Å². The molecule has 0 bridgehead atoms. The fraction of sp³-hybridized carbons (Fsp3) is 0.300. The van der Waals surface area contributed by atoms with Crippen LogP contribution in [-0.4, -0.2) is 34.6 Å². The number of aryl methyl sites for hydroxylation is 1. The summed E-state index contributed by atoms with van der Waals surface area (Å²) in [6.07, 6.45) is 0.386. The van der Waals surface area contributed by atoms with E-state index in [1.807, 2.05) is 24.3 Å². The molecule has 2 aromatic rings. The summed E-state index contributed by atoms with van der Waals surface area (Å²) in [6.45, 7) is 4.83. The molecule has 0 spiro atoms. The maximum atomic E-state index is 12.2. The highest BCUT2D eigenvalue weighted by atomic mass is 16.6. The molecule has 0 unspecified atom stereocenters. The van der Waals surface area contributed by atoms with Gasteiger partial charge in [-0.25, -0.2) is 0 Å². The van der Waals surface area contributed by atoms with E-state index in [9.17, 15) is 14.9 Å². The largest absolute Gasteiger partial charge is 0.497 e. The molecule has 1 aliphatic rings.